The Bertz CT molecular complexity index is 303. The summed E-state index contributed by atoms with van der Waals surface area (Å²) in [6.07, 6.45) is 3.33. The quantitative estimate of drug-likeness (QED) is 0.700. The predicted molar refractivity (Wildman–Crippen MR) is 63.5 cm³/mol. The van der Waals surface area contributed by atoms with E-state index < -0.39 is 5.54 Å². The highest BCUT2D eigenvalue weighted by molar-refractivity contribution is 5.86. The second-order valence-corrected chi connectivity index (χ2v) is 5.52. The van der Waals surface area contributed by atoms with Gasteiger partial charge in [-0.25, -0.2) is 0 Å². The van der Waals surface area contributed by atoms with Crippen molar-refractivity contribution >= 4 is 5.91 Å². The first-order valence-electron chi connectivity index (χ1n) is 6.59. The fourth-order valence-corrected chi connectivity index (χ4v) is 2.79. The number of nitrogens with zero attached hydrogens (tertiary/aromatic N) is 2. The monoisotopic (exact) mass is 239 g/mol. The number of amides is 1. The minimum atomic E-state index is -0.748. The minimum absolute atomic E-state index is 0.0884. The molecule has 96 valence electrons. The molecular weight excluding hydrogens is 218 g/mol. The Hall–Kier alpha value is -0.650. The van der Waals surface area contributed by atoms with Crippen molar-refractivity contribution in [3.8, 4) is 0 Å². The highest BCUT2D eigenvalue weighted by atomic mass is 16.5. The van der Waals surface area contributed by atoms with Gasteiger partial charge in [0.15, 0.2) is 0 Å². The molecule has 5 heteroatoms. The van der Waals surface area contributed by atoms with Crippen molar-refractivity contribution in [3.05, 3.63) is 0 Å². The SMILES string of the molecule is NC1(C(=O)N2CCN(C3CC3)CC2)CCOC1. The van der Waals surface area contributed by atoms with Gasteiger partial charge in [-0.05, 0) is 19.3 Å². The van der Waals surface area contributed by atoms with Crippen LogP contribution in [0.25, 0.3) is 0 Å². The van der Waals surface area contributed by atoms with Gasteiger partial charge in [0.25, 0.3) is 0 Å². The van der Waals surface area contributed by atoms with Crippen molar-refractivity contribution in [2.45, 2.75) is 30.8 Å². The largest absolute Gasteiger partial charge is 0.379 e. The number of piperazine rings is 1. The van der Waals surface area contributed by atoms with Gasteiger partial charge in [0.2, 0.25) is 5.91 Å². The maximum absolute atomic E-state index is 12.3. The molecule has 2 N–H and O–H groups in total. The van der Waals surface area contributed by atoms with E-state index in [9.17, 15) is 4.79 Å². The summed E-state index contributed by atoms with van der Waals surface area (Å²) in [5, 5.41) is 0. The molecule has 5 nitrogen and oxygen atoms in total. The highest BCUT2D eigenvalue weighted by Crippen LogP contribution is 2.28. The summed E-state index contributed by atoms with van der Waals surface area (Å²) in [5.41, 5.74) is 5.36. The van der Waals surface area contributed by atoms with Crippen molar-refractivity contribution < 1.29 is 9.53 Å². The van der Waals surface area contributed by atoms with Crippen molar-refractivity contribution in [2.75, 3.05) is 39.4 Å². The molecule has 2 aliphatic heterocycles. The molecule has 0 spiro atoms. The van der Waals surface area contributed by atoms with Crippen LogP contribution in [-0.4, -0.2) is 66.7 Å². The summed E-state index contributed by atoms with van der Waals surface area (Å²) in [5.74, 6) is 0.0884. The molecule has 1 unspecified atom stereocenters. The molecule has 1 amide bonds. The van der Waals surface area contributed by atoms with Crippen LogP contribution in [0, 0.1) is 0 Å². The van der Waals surface area contributed by atoms with Gasteiger partial charge in [-0.15, -0.1) is 0 Å². The Morgan fingerprint density at radius 1 is 1.24 bits per heavy atom. The summed E-state index contributed by atoms with van der Waals surface area (Å²) in [6, 6.07) is 0.800. The van der Waals surface area contributed by atoms with E-state index in [2.05, 4.69) is 4.90 Å². The summed E-state index contributed by atoms with van der Waals surface area (Å²) < 4.78 is 5.26. The molecule has 3 rings (SSSR count). The van der Waals surface area contributed by atoms with E-state index in [1.165, 1.54) is 12.8 Å². The number of carbonyl (C=O) groups is 1. The average Bonchev–Trinajstić information content (AvgIpc) is 3.11. The average molecular weight is 239 g/mol. The zero-order chi connectivity index (χ0) is 11.9. The molecule has 3 aliphatic rings. The van der Waals surface area contributed by atoms with E-state index in [1.807, 2.05) is 4.90 Å². The van der Waals surface area contributed by atoms with Crippen molar-refractivity contribution in [2.24, 2.45) is 5.73 Å². The fourth-order valence-electron chi connectivity index (χ4n) is 2.79. The van der Waals surface area contributed by atoms with E-state index in [0.29, 0.717) is 19.6 Å². The molecule has 0 aromatic heterocycles. The third-order valence-corrected chi connectivity index (χ3v) is 4.14. The zero-order valence-electron chi connectivity index (χ0n) is 10.2. The van der Waals surface area contributed by atoms with Crippen LogP contribution < -0.4 is 5.73 Å². The van der Waals surface area contributed by atoms with E-state index in [0.717, 1.165) is 32.2 Å². The Morgan fingerprint density at radius 3 is 2.47 bits per heavy atom. The van der Waals surface area contributed by atoms with Crippen LogP contribution in [0.15, 0.2) is 0 Å². The smallest absolute Gasteiger partial charge is 0.245 e. The van der Waals surface area contributed by atoms with E-state index in [1.54, 1.807) is 0 Å². The molecule has 0 aromatic rings. The molecule has 1 atom stereocenters. The van der Waals surface area contributed by atoms with Gasteiger partial charge in [0, 0.05) is 38.8 Å². The van der Waals surface area contributed by atoms with Crippen LogP contribution in [0.1, 0.15) is 19.3 Å². The second kappa shape index (κ2) is 4.23. The lowest BCUT2D eigenvalue weighted by Gasteiger charge is -2.38. The van der Waals surface area contributed by atoms with Gasteiger partial charge in [-0.3, -0.25) is 9.69 Å². The minimum Gasteiger partial charge on any atom is -0.379 e. The summed E-state index contributed by atoms with van der Waals surface area (Å²) >= 11 is 0. The number of hydrogen-bond acceptors (Lipinski definition) is 4. The molecule has 0 radical (unpaired) electrons. The molecule has 2 heterocycles. The van der Waals surface area contributed by atoms with Gasteiger partial charge < -0.3 is 15.4 Å². The predicted octanol–water partition coefficient (Wildman–Crippen LogP) is -0.589. The third-order valence-electron chi connectivity index (χ3n) is 4.14. The van der Waals surface area contributed by atoms with Gasteiger partial charge in [0.1, 0.15) is 5.54 Å². The lowest BCUT2D eigenvalue weighted by molar-refractivity contribution is -0.138. The highest BCUT2D eigenvalue weighted by Gasteiger charge is 2.42. The standard InChI is InChI=1S/C12H21N3O2/c13-12(3-8-17-9-12)11(16)15-6-4-14(5-7-15)10-1-2-10/h10H,1-9,13H2. The first kappa shape index (κ1) is 11.4. The van der Waals surface area contributed by atoms with E-state index in [4.69, 9.17) is 10.5 Å². The second-order valence-electron chi connectivity index (χ2n) is 5.52. The number of carbonyl (C=O) groups excluding carboxylic acids is 1. The molecule has 0 aromatic carbocycles. The van der Waals surface area contributed by atoms with Gasteiger partial charge in [-0.2, -0.15) is 0 Å². The zero-order valence-corrected chi connectivity index (χ0v) is 10.2. The first-order valence-corrected chi connectivity index (χ1v) is 6.59. The van der Waals surface area contributed by atoms with Crippen LogP contribution in [0.4, 0.5) is 0 Å². The van der Waals surface area contributed by atoms with Crippen LogP contribution in [0.3, 0.4) is 0 Å². The molecule has 1 saturated carbocycles. The first-order chi connectivity index (χ1) is 8.19. The Kier molecular flexibility index (Phi) is 2.84. The van der Waals surface area contributed by atoms with E-state index in [-0.39, 0.29) is 5.91 Å². The molecule has 1 aliphatic carbocycles. The topological polar surface area (TPSA) is 58.8 Å². The van der Waals surface area contributed by atoms with E-state index >= 15 is 0 Å². The Labute approximate surface area is 102 Å². The van der Waals surface area contributed by atoms with Gasteiger partial charge in [-0.1, -0.05) is 0 Å². The fraction of sp³-hybridized carbons (Fsp3) is 0.917. The Morgan fingerprint density at radius 2 is 1.94 bits per heavy atom. The van der Waals surface area contributed by atoms with Gasteiger partial charge in [0.05, 0.1) is 6.61 Å². The summed E-state index contributed by atoms with van der Waals surface area (Å²) in [6.45, 7) is 4.67. The van der Waals surface area contributed by atoms with Crippen molar-refractivity contribution in [1.29, 1.82) is 0 Å². The normalized spacial score (nSPS) is 35.2. The summed E-state index contributed by atoms with van der Waals surface area (Å²) in [7, 11) is 0. The number of hydrogen-bond donors (Lipinski definition) is 1. The molecule has 0 bridgehead atoms. The molecule has 17 heavy (non-hydrogen) atoms. The van der Waals surface area contributed by atoms with Crippen molar-refractivity contribution in [3.63, 3.8) is 0 Å². The lowest BCUT2D eigenvalue weighted by Crippen LogP contribution is -2.60. The van der Waals surface area contributed by atoms with Crippen molar-refractivity contribution in [1.82, 2.24) is 9.80 Å². The van der Waals surface area contributed by atoms with Crippen LogP contribution in [0.2, 0.25) is 0 Å². The number of rotatable bonds is 2. The lowest BCUT2D eigenvalue weighted by atomic mass is 9.98. The third kappa shape index (κ3) is 2.19. The number of ether oxygens (including phenoxy) is 1. The molecular formula is C12H21N3O2. The maximum Gasteiger partial charge on any atom is 0.245 e. The van der Waals surface area contributed by atoms with Crippen LogP contribution in [-0.2, 0) is 9.53 Å². The van der Waals surface area contributed by atoms with Crippen LogP contribution in [0.5, 0.6) is 0 Å². The number of nitrogens with two attached hydrogens (primary N) is 1. The van der Waals surface area contributed by atoms with Crippen LogP contribution >= 0.6 is 0 Å². The molecule has 2 saturated heterocycles. The summed E-state index contributed by atoms with van der Waals surface area (Å²) in [4.78, 5) is 16.7. The Balaban J connectivity index is 1.56. The maximum atomic E-state index is 12.3. The van der Waals surface area contributed by atoms with Gasteiger partial charge >= 0.3 is 0 Å². The molecule has 3 fully saturated rings.